The Kier molecular flexibility index (Phi) is 6.18. The van der Waals surface area contributed by atoms with E-state index in [1.54, 1.807) is 13.2 Å². The molecule has 20 heavy (non-hydrogen) atoms. The maximum absolute atomic E-state index is 13.4. The van der Waals surface area contributed by atoms with Crippen molar-refractivity contribution in [1.29, 1.82) is 0 Å². The van der Waals surface area contributed by atoms with Crippen molar-refractivity contribution in [3.05, 3.63) is 35.7 Å². The number of ether oxygens (including phenoxy) is 1. The Morgan fingerprint density at radius 3 is 2.80 bits per heavy atom. The monoisotopic (exact) mass is 281 g/mol. The van der Waals surface area contributed by atoms with Crippen molar-refractivity contribution < 1.29 is 19.0 Å². The van der Waals surface area contributed by atoms with E-state index in [9.17, 15) is 9.18 Å². The van der Waals surface area contributed by atoms with Crippen molar-refractivity contribution in [1.82, 2.24) is 0 Å². The molecule has 0 heterocycles. The molecule has 0 aliphatic rings. The van der Waals surface area contributed by atoms with Crippen LogP contribution in [0.4, 0.5) is 10.1 Å². The van der Waals surface area contributed by atoms with Crippen LogP contribution < -0.4 is 4.90 Å². The molecule has 5 heteroatoms. The molecule has 1 aromatic rings. The Morgan fingerprint density at radius 1 is 1.55 bits per heavy atom. The fourth-order valence-corrected chi connectivity index (χ4v) is 2.13. The van der Waals surface area contributed by atoms with Crippen LogP contribution in [-0.4, -0.2) is 37.4 Å². The Labute approximate surface area is 118 Å². The van der Waals surface area contributed by atoms with E-state index in [2.05, 4.69) is 0 Å². The van der Waals surface area contributed by atoms with Gasteiger partial charge >= 0.3 is 5.97 Å². The van der Waals surface area contributed by atoms with Crippen LogP contribution in [0.2, 0.25) is 0 Å². The normalized spacial score (nSPS) is 12.6. The first-order valence-corrected chi connectivity index (χ1v) is 6.45. The standard InChI is InChI=1S/C15H20FNO3/c1-4-17(11(2)10-20-3)14-7-6-13(16)9-12(14)5-8-15(18)19/h5-9,11H,4,10H2,1-3H3,(H,18,19). The van der Waals surface area contributed by atoms with E-state index in [-0.39, 0.29) is 6.04 Å². The summed E-state index contributed by atoms with van der Waals surface area (Å²) in [6, 6.07) is 4.46. The Bertz CT molecular complexity index is 488. The van der Waals surface area contributed by atoms with Gasteiger partial charge in [0.15, 0.2) is 0 Å². The molecule has 0 radical (unpaired) electrons. The van der Waals surface area contributed by atoms with Crippen molar-refractivity contribution in [3.63, 3.8) is 0 Å². The summed E-state index contributed by atoms with van der Waals surface area (Å²) in [5, 5.41) is 8.71. The number of carboxylic acids is 1. The van der Waals surface area contributed by atoms with Gasteiger partial charge in [-0.25, -0.2) is 9.18 Å². The summed E-state index contributed by atoms with van der Waals surface area (Å²) in [6.07, 6.45) is 2.41. The van der Waals surface area contributed by atoms with Crippen molar-refractivity contribution >= 4 is 17.7 Å². The van der Waals surface area contributed by atoms with E-state index in [0.717, 1.165) is 11.8 Å². The van der Waals surface area contributed by atoms with Crippen molar-refractivity contribution in [2.75, 3.05) is 25.2 Å². The van der Waals surface area contributed by atoms with Crippen LogP contribution in [0.1, 0.15) is 19.4 Å². The number of anilines is 1. The molecule has 0 spiro atoms. The lowest BCUT2D eigenvalue weighted by atomic mass is 10.1. The minimum Gasteiger partial charge on any atom is -0.478 e. The van der Waals surface area contributed by atoms with Gasteiger partial charge in [-0.05, 0) is 38.1 Å². The molecule has 1 rings (SSSR count). The maximum atomic E-state index is 13.4. The highest BCUT2D eigenvalue weighted by atomic mass is 19.1. The van der Waals surface area contributed by atoms with Gasteiger partial charge in [-0.2, -0.15) is 0 Å². The third kappa shape index (κ3) is 4.35. The molecular weight excluding hydrogens is 261 g/mol. The van der Waals surface area contributed by atoms with E-state index >= 15 is 0 Å². The third-order valence-electron chi connectivity index (χ3n) is 2.99. The molecule has 0 bridgehead atoms. The van der Waals surface area contributed by atoms with Crippen LogP contribution in [0, 0.1) is 5.82 Å². The van der Waals surface area contributed by atoms with Gasteiger partial charge in [0.25, 0.3) is 0 Å². The van der Waals surface area contributed by atoms with Gasteiger partial charge < -0.3 is 14.7 Å². The fourth-order valence-electron chi connectivity index (χ4n) is 2.13. The number of carbonyl (C=O) groups is 1. The molecule has 0 amide bonds. The number of aliphatic carboxylic acids is 1. The minimum absolute atomic E-state index is 0.104. The zero-order valence-electron chi connectivity index (χ0n) is 12.0. The fraction of sp³-hybridized carbons (Fsp3) is 0.400. The Morgan fingerprint density at radius 2 is 2.25 bits per heavy atom. The second-order valence-electron chi connectivity index (χ2n) is 4.47. The lowest BCUT2D eigenvalue weighted by molar-refractivity contribution is -0.131. The van der Waals surface area contributed by atoms with E-state index in [4.69, 9.17) is 9.84 Å². The third-order valence-corrected chi connectivity index (χ3v) is 2.99. The zero-order valence-corrected chi connectivity index (χ0v) is 12.0. The molecule has 4 nitrogen and oxygen atoms in total. The second kappa shape index (κ2) is 7.65. The predicted octanol–water partition coefficient (Wildman–Crippen LogP) is 2.78. The molecule has 0 saturated carbocycles. The number of likely N-dealkylation sites (N-methyl/N-ethyl adjacent to an activating group) is 1. The van der Waals surface area contributed by atoms with Gasteiger partial charge in [-0.15, -0.1) is 0 Å². The van der Waals surface area contributed by atoms with Crippen molar-refractivity contribution in [2.24, 2.45) is 0 Å². The summed E-state index contributed by atoms with van der Waals surface area (Å²) < 4.78 is 18.5. The van der Waals surface area contributed by atoms with Gasteiger partial charge in [-0.1, -0.05) is 0 Å². The van der Waals surface area contributed by atoms with Gasteiger partial charge in [0.1, 0.15) is 5.82 Å². The number of methoxy groups -OCH3 is 1. The van der Waals surface area contributed by atoms with E-state index in [1.165, 1.54) is 18.2 Å². The van der Waals surface area contributed by atoms with Crippen LogP contribution in [-0.2, 0) is 9.53 Å². The van der Waals surface area contributed by atoms with Crippen LogP contribution >= 0.6 is 0 Å². The van der Waals surface area contributed by atoms with Crippen molar-refractivity contribution in [2.45, 2.75) is 19.9 Å². The van der Waals surface area contributed by atoms with Crippen LogP contribution in [0.25, 0.3) is 6.08 Å². The smallest absolute Gasteiger partial charge is 0.328 e. The predicted molar refractivity (Wildman–Crippen MR) is 77.4 cm³/mol. The number of nitrogens with zero attached hydrogens (tertiary/aromatic N) is 1. The van der Waals surface area contributed by atoms with E-state index in [1.807, 2.05) is 18.7 Å². The number of carboxylic acid groups (broad SMARTS) is 1. The lowest BCUT2D eigenvalue weighted by Gasteiger charge is -2.31. The van der Waals surface area contributed by atoms with Crippen LogP contribution in [0.3, 0.4) is 0 Å². The first kappa shape index (κ1) is 16.2. The lowest BCUT2D eigenvalue weighted by Crippen LogP contribution is -2.36. The van der Waals surface area contributed by atoms with Gasteiger partial charge in [0.05, 0.1) is 6.61 Å². The van der Waals surface area contributed by atoms with Gasteiger partial charge in [0, 0.05) is 37.0 Å². The summed E-state index contributed by atoms with van der Waals surface area (Å²) in [5.74, 6) is -1.46. The highest BCUT2D eigenvalue weighted by molar-refractivity contribution is 5.87. The maximum Gasteiger partial charge on any atom is 0.328 e. The molecular formula is C15H20FNO3. The minimum atomic E-state index is -1.06. The van der Waals surface area contributed by atoms with Crippen molar-refractivity contribution in [3.8, 4) is 0 Å². The summed E-state index contributed by atoms with van der Waals surface area (Å²) in [6.45, 7) is 5.23. The van der Waals surface area contributed by atoms with E-state index in [0.29, 0.717) is 18.7 Å². The first-order valence-electron chi connectivity index (χ1n) is 6.45. The van der Waals surface area contributed by atoms with Crippen LogP contribution in [0.15, 0.2) is 24.3 Å². The van der Waals surface area contributed by atoms with E-state index < -0.39 is 11.8 Å². The number of halogens is 1. The molecule has 0 fully saturated rings. The number of hydrogen-bond acceptors (Lipinski definition) is 3. The quantitative estimate of drug-likeness (QED) is 0.781. The summed E-state index contributed by atoms with van der Waals surface area (Å²) in [4.78, 5) is 12.7. The Hall–Kier alpha value is -1.88. The second-order valence-corrected chi connectivity index (χ2v) is 4.47. The molecule has 0 aliphatic heterocycles. The van der Waals surface area contributed by atoms with Crippen LogP contribution in [0.5, 0.6) is 0 Å². The SMILES string of the molecule is CCN(c1ccc(F)cc1C=CC(=O)O)C(C)COC. The number of rotatable bonds is 7. The largest absolute Gasteiger partial charge is 0.478 e. The Balaban J connectivity index is 3.17. The summed E-state index contributed by atoms with van der Waals surface area (Å²) in [7, 11) is 1.63. The number of hydrogen-bond donors (Lipinski definition) is 1. The molecule has 1 unspecified atom stereocenters. The average Bonchev–Trinajstić information content (AvgIpc) is 2.39. The molecule has 1 aromatic carbocycles. The molecule has 1 N–H and O–H groups in total. The summed E-state index contributed by atoms with van der Waals surface area (Å²) >= 11 is 0. The molecule has 110 valence electrons. The average molecular weight is 281 g/mol. The molecule has 0 aliphatic carbocycles. The molecule has 1 atom stereocenters. The summed E-state index contributed by atoms with van der Waals surface area (Å²) in [5.41, 5.74) is 1.33. The molecule has 0 saturated heterocycles. The highest BCUT2D eigenvalue weighted by Crippen LogP contribution is 2.25. The topological polar surface area (TPSA) is 49.8 Å². The highest BCUT2D eigenvalue weighted by Gasteiger charge is 2.15. The van der Waals surface area contributed by atoms with Gasteiger partial charge in [0.2, 0.25) is 0 Å². The zero-order chi connectivity index (χ0) is 15.1. The number of benzene rings is 1. The molecule has 0 aromatic heterocycles. The van der Waals surface area contributed by atoms with Gasteiger partial charge in [-0.3, -0.25) is 0 Å². The first-order chi connectivity index (χ1) is 9.49.